The first-order valence-electron chi connectivity index (χ1n) is 0.953. The normalized spacial score (nSPS) is 17.4. The van der Waals surface area contributed by atoms with Gasteiger partial charge in [-0.15, -0.1) is 17.9 Å². The first-order chi connectivity index (χ1) is 2.27. The van der Waals surface area contributed by atoms with Gasteiger partial charge in [0.15, 0.2) is 0 Å². The zero-order valence-electron chi connectivity index (χ0n) is 2.51. The molecule has 0 aliphatic carbocycles. The van der Waals surface area contributed by atoms with Gasteiger partial charge in [0.25, 0.3) is 0 Å². The molecule has 4 unspecified atom stereocenters. The summed E-state index contributed by atoms with van der Waals surface area (Å²) >= 11 is 4.80. The smallest absolute Gasteiger partial charge is 0.0979 e. The van der Waals surface area contributed by atoms with Crippen molar-refractivity contribution in [1.29, 1.82) is 0 Å². The van der Waals surface area contributed by atoms with Gasteiger partial charge in [0.2, 0.25) is 0 Å². The predicted molar refractivity (Wildman–Crippen MR) is 42.0 cm³/mol. The van der Waals surface area contributed by atoms with Crippen molar-refractivity contribution in [3.63, 3.8) is 0 Å². The molecule has 0 rings (SSSR count). The molecule has 0 fully saturated rings. The quantitative estimate of drug-likeness (QED) is 0.419. The van der Waals surface area contributed by atoms with E-state index >= 15 is 0 Å². The molecule has 0 aliphatic rings. The fourth-order valence-corrected chi connectivity index (χ4v) is 0. The van der Waals surface area contributed by atoms with Crippen molar-refractivity contribution in [2.24, 2.45) is 0 Å². The van der Waals surface area contributed by atoms with Gasteiger partial charge in [-0.1, -0.05) is 7.96 Å². The molecule has 5 heavy (non-hydrogen) atoms. The fourth-order valence-electron chi connectivity index (χ4n) is 0. The lowest BCUT2D eigenvalue weighted by Gasteiger charge is -2.11. The molecule has 0 amide bonds. The maximum Gasteiger partial charge on any atom is -0.0979 e. The summed E-state index contributed by atoms with van der Waals surface area (Å²) in [5.41, 5.74) is 0. The maximum absolute atomic E-state index is 4.80. The molecule has 0 saturated heterocycles. The molecule has 0 bridgehead atoms. The number of rotatable bonds is 1. The summed E-state index contributed by atoms with van der Waals surface area (Å²) in [5, 5.41) is 0. The molecule has 0 nitrogen and oxygen atoms in total. The largest absolute Gasteiger partial charge is 0.750 e. The van der Waals surface area contributed by atoms with E-state index in [0.717, 1.165) is 7.96 Å². The third kappa shape index (κ3) is 6.07. The van der Waals surface area contributed by atoms with Gasteiger partial charge in [-0.3, -0.25) is 0 Å². The minimum atomic E-state index is -0.108. The van der Waals surface area contributed by atoms with Crippen LogP contribution in [0.4, 0.5) is 0 Å². The molecule has 32 valence electrons. The first kappa shape index (κ1) is 7.07. The van der Waals surface area contributed by atoms with Crippen molar-refractivity contribution in [1.82, 2.24) is 0 Å². The SMILES string of the molecule is PPP(P)[S-]. The van der Waals surface area contributed by atoms with Crippen LogP contribution in [0.5, 0.6) is 0 Å². The van der Waals surface area contributed by atoms with Crippen LogP contribution in [0.3, 0.4) is 0 Å². The van der Waals surface area contributed by atoms with Crippen molar-refractivity contribution < 1.29 is 0 Å². The van der Waals surface area contributed by atoms with Gasteiger partial charge in [0, 0.05) is 0 Å². The molecule has 0 aromatic rings. The zero-order chi connectivity index (χ0) is 4.28. The van der Waals surface area contributed by atoms with Crippen LogP contribution in [0.1, 0.15) is 0 Å². The Labute approximate surface area is 45.0 Å². The van der Waals surface area contributed by atoms with Gasteiger partial charge < -0.3 is 12.2 Å². The molecule has 5 heteroatoms. The third-order valence-corrected chi connectivity index (χ3v) is 10.3. The monoisotopic (exact) mass is 161 g/mol. The Morgan fingerprint density at radius 1 is 1.80 bits per heavy atom. The summed E-state index contributed by atoms with van der Waals surface area (Å²) in [4.78, 5) is 0. The Bertz CT molecular complexity index is 17.6. The molecule has 0 N–H and O–H groups in total. The molecule has 0 aliphatic heterocycles. The van der Waals surface area contributed by atoms with Crippen LogP contribution in [0.25, 0.3) is 0 Å². The van der Waals surface area contributed by atoms with E-state index in [1.54, 1.807) is 0 Å². The summed E-state index contributed by atoms with van der Waals surface area (Å²) in [6, 6.07) is 0. The molecule has 0 saturated carbocycles. The standard InChI is InChI=1S/H5P4S/c1-3-4(2)5/h3H,1-2H2/q-1. The van der Waals surface area contributed by atoms with Crippen LogP contribution in [-0.4, -0.2) is 0 Å². The Hall–Kier alpha value is 2.07. The van der Waals surface area contributed by atoms with Crippen LogP contribution in [-0.2, 0) is 12.2 Å². The van der Waals surface area contributed by atoms with E-state index in [1.807, 2.05) is 0 Å². The van der Waals surface area contributed by atoms with Crippen molar-refractivity contribution >= 4 is 44.6 Å². The highest BCUT2D eigenvalue weighted by Gasteiger charge is 1.64. The minimum Gasteiger partial charge on any atom is -0.750 e. The topological polar surface area (TPSA) is 0 Å². The van der Waals surface area contributed by atoms with Crippen molar-refractivity contribution in [3.05, 3.63) is 0 Å². The highest BCUT2D eigenvalue weighted by atomic mass is 33.1. The number of hydrogen-bond acceptors (Lipinski definition) is 1. The predicted octanol–water partition coefficient (Wildman–Crippen LogP) is 2.10. The van der Waals surface area contributed by atoms with E-state index in [0.29, 0.717) is 0 Å². The van der Waals surface area contributed by atoms with E-state index in [1.165, 1.54) is 0 Å². The van der Waals surface area contributed by atoms with Gasteiger partial charge in [0.1, 0.15) is 0 Å². The summed E-state index contributed by atoms with van der Waals surface area (Å²) in [7, 11) is 6.10. The molecule has 0 heterocycles. The van der Waals surface area contributed by atoms with E-state index in [4.69, 9.17) is 12.2 Å². The summed E-state index contributed by atoms with van der Waals surface area (Å²) in [5.74, 6) is 0. The maximum atomic E-state index is 4.80. The summed E-state index contributed by atoms with van der Waals surface area (Å²) in [6.07, 6.45) is 0. The van der Waals surface area contributed by atoms with Crippen molar-refractivity contribution in [3.8, 4) is 0 Å². The Morgan fingerprint density at radius 2 is 2.00 bits per heavy atom. The Balaban J connectivity index is 2.54. The minimum absolute atomic E-state index is 0.108. The second-order valence-corrected chi connectivity index (χ2v) is 12.3. The molecular formula is H5P4S-. The van der Waals surface area contributed by atoms with E-state index in [2.05, 4.69) is 17.9 Å². The lowest BCUT2D eigenvalue weighted by Crippen LogP contribution is -1.16. The van der Waals surface area contributed by atoms with E-state index in [-0.39, 0.29) is 6.50 Å². The second kappa shape index (κ2) is 4.23. The van der Waals surface area contributed by atoms with Gasteiger partial charge >= 0.3 is 0 Å². The van der Waals surface area contributed by atoms with Crippen LogP contribution in [0, 0.1) is 0 Å². The fraction of sp³-hybridized carbons (Fsp3) is 0. The zero-order valence-corrected chi connectivity index (χ0v) is 7.53. The second-order valence-electron chi connectivity index (χ2n) is 0.455. The molecule has 0 spiro atoms. The van der Waals surface area contributed by atoms with Gasteiger partial charge in [-0.05, 0) is 0 Å². The average molecular weight is 161 g/mol. The van der Waals surface area contributed by atoms with Crippen LogP contribution in [0.15, 0.2) is 0 Å². The van der Waals surface area contributed by atoms with Crippen molar-refractivity contribution in [2.45, 2.75) is 0 Å². The van der Waals surface area contributed by atoms with Gasteiger partial charge in [-0.2, -0.15) is 0 Å². The summed E-state index contributed by atoms with van der Waals surface area (Å²) < 4.78 is 0. The summed E-state index contributed by atoms with van der Waals surface area (Å²) in [6.45, 7) is -0.108. The van der Waals surface area contributed by atoms with Crippen molar-refractivity contribution in [2.75, 3.05) is 0 Å². The first-order valence-corrected chi connectivity index (χ1v) is 8.58. The molecule has 0 radical (unpaired) electrons. The van der Waals surface area contributed by atoms with Crippen LogP contribution >= 0.6 is 32.3 Å². The third-order valence-electron chi connectivity index (χ3n) is 0.127. The molecule has 0 aromatic heterocycles. The van der Waals surface area contributed by atoms with E-state index in [9.17, 15) is 0 Å². The average Bonchev–Trinajstić information content (AvgIpc) is 1.38. The molecule has 0 aromatic carbocycles. The van der Waals surface area contributed by atoms with E-state index < -0.39 is 0 Å². The Morgan fingerprint density at radius 3 is 2.00 bits per heavy atom. The van der Waals surface area contributed by atoms with Crippen LogP contribution < -0.4 is 0 Å². The van der Waals surface area contributed by atoms with Gasteiger partial charge in [0.05, 0.1) is 0 Å². The molecular weight excluding hydrogens is 156 g/mol. The Kier molecular flexibility index (Phi) is 5.99. The highest BCUT2D eigenvalue weighted by molar-refractivity contribution is 8.84. The van der Waals surface area contributed by atoms with Gasteiger partial charge in [-0.25, -0.2) is 6.50 Å². The number of hydrogen-bond donors (Lipinski definition) is 0. The highest BCUT2D eigenvalue weighted by Crippen LogP contribution is 2.63. The molecule has 4 atom stereocenters. The lowest BCUT2D eigenvalue weighted by molar-refractivity contribution is 5.12. The lowest BCUT2D eigenvalue weighted by atomic mass is 29.2. The van der Waals surface area contributed by atoms with Crippen LogP contribution in [0.2, 0.25) is 0 Å².